The molecule has 2 aromatic rings. The van der Waals surface area contributed by atoms with Gasteiger partial charge in [-0.25, -0.2) is 14.4 Å². The lowest BCUT2D eigenvalue weighted by Gasteiger charge is -2.10. The Bertz CT molecular complexity index is 512. The summed E-state index contributed by atoms with van der Waals surface area (Å²) < 4.78 is 13.8. The van der Waals surface area contributed by atoms with Gasteiger partial charge in [0, 0.05) is 36.1 Å². The first-order valence-corrected chi connectivity index (χ1v) is 5.94. The first kappa shape index (κ1) is 12.6. The van der Waals surface area contributed by atoms with Gasteiger partial charge in [0.05, 0.1) is 0 Å². The van der Waals surface area contributed by atoms with Crippen LogP contribution in [0.3, 0.4) is 0 Å². The van der Waals surface area contributed by atoms with Gasteiger partial charge in [0.2, 0.25) is 0 Å². The van der Waals surface area contributed by atoms with E-state index >= 15 is 0 Å². The van der Waals surface area contributed by atoms with E-state index in [9.17, 15) is 4.39 Å². The minimum Gasteiger partial charge on any atom is -0.310 e. The fourth-order valence-electron chi connectivity index (χ4n) is 1.66. The molecule has 0 spiro atoms. The molecule has 94 valence electrons. The Hall–Kier alpha value is -1.81. The molecule has 1 aromatic heterocycles. The second-order valence-corrected chi connectivity index (χ2v) is 4.48. The lowest BCUT2D eigenvalue weighted by molar-refractivity contribution is 0.586. The molecule has 1 aromatic carbocycles. The van der Waals surface area contributed by atoms with Gasteiger partial charge in [-0.2, -0.15) is 0 Å². The number of aromatic nitrogens is 2. The fourth-order valence-corrected chi connectivity index (χ4v) is 1.66. The molecule has 0 bridgehead atoms. The van der Waals surface area contributed by atoms with E-state index in [0.29, 0.717) is 17.2 Å². The van der Waals surface area contributed by atoms with Crippen molar-refractivity contribution >= 4 is 0 Å². The Morgan fingerprint density at radius 1 is 1.22 bits per heavy atom. The smallest absolute Gasteiger partial charge is 0.131 e. The average Bonchev–Trinajstić information content (AvgIpc) is 2.38. The summed E-state index contributed by atoms with van der Waals surface area (Å²) in [4.78, 5) is 7.83. The van der Waals surface area contributed by atoms with E-state index in [1.54, 1.807) is 18.5 Å². The van der Waals surface area contributed by atoms with Crippen molar-refractivity contribution in [3.05, 3.63) is 48.3 Å². The van der Waals surface area contributed by atoms with Crippen LogP contribution in [0.15, 0.2) is 36.9 Å². The van der Waals surface area contributed by atoms with Crippen molar-refractivity contribution in [2.45, 2.75) is 26.4 Å². The molecule has 0 saturated carbocycles. The summed E-state index contributed by atoms with van der Waals surface area (Å²) in [6.07, 6.45) is 4.67. The van der Waals surface area contributed by atoms with Crippen LogP contribution in [0.4, 0.5) is 4.39 Å². The lowest BCUT2D eigenvalue weighted by atomic mass is 10.0. The summed E-state index contributed by atoms with van der Waals surface area (Å²) in [6.45, 7) is 4.88. The second-order valence-electron chi connectivity index (χ2n) is 4.48. The van der Waals surface area contributed by atoms with Gasteiger partial charge in [0.15, 0.2) is 0 Å². The Labute approximate surface area is 106 Å². The van der Waals surface area contributed by atoms with E-state index in [-0.39, 0.29) is 5.82 Å². The van der Waals surface area contributed by atoms with Gasteiger partial charge in [0.1, 0.15) is 12.1 Å². The zero-order chi connectivity index (χ0) is 13.0. The average molecular weight is 245 g/mol. The molecule has 0 amide bonds. The molecule has 0 aliphatic rings. The number of halogens is 1. The van der Waals surface area contributed by atoms with Crippen LogP contribution in [0, 0.1) is 5.82 Å². The summed E-state index contributed by atoms with van der Waals surface area (Å²) in [5.74, 6) is -0.252. The van der Waals surface area contributed by atoms with Gasteiger partial charge >= 0.3 is 0 Å². The topological polar surface area (TPSA) is 37.8 Å². The summed E-state index contributed by atoms with van der Waals surface area (Å²) in [5.41, 5.74) is 2.28. The van der Waals surface area contributed by atoms with Crippen LogP contribution in [-0.4, -0.2) is 16.0 Å². The SMILES string of the molecule is CC(C)NCc1ccc(F)c(-c2cncnc2)c1. The number of rotatable bonds is 4. The maximum Gasteiger partial charge on any atom is 0.131 e. The highest BCUT2D eigenvalue weighted by atomic mass is 19.1. The molecular formula is C14H16FN3. The third kappa shape index (κ3) is 3.11. The lowest BCUT2D eigenvalue weighted by Crippen LogP contribution is -2.21. The molecule has 0 atom stereocenters. The summed E-state index contributed by atoms with van der Waals surface area (Å²) >= 11 is 0. The molecular weight excluding hydrogens is 229 g/mol. The van der Waals surface area contributed by atoms with Crippen LogP contribution in [-0.2, 0) is 6.54 Å². The third-order valence-corrected chi connectivity index (χ3v) is 2.62. The molecule has 3 nitrogen and oxygen atoms in total. The molecule has 0 radical (unpaired) electrons. The highest BCUT2D eigenvalue weighted by Gasteiger charge is 2.07. The molecule has 1 heterocycles. The van der Waals surface area contributed by atoms with Gasteiger partial charge < -0.3 is 5.32 Å². The summed E-state index contributed by atoms with van der Waals surface area (Å²) in [5, 5.41) is 3.31. The third-order valence-electron chi connectivity index (χ3n) is 2.62. The van der Waals surface area contributed by atoms with Gasteiger partial charge in [-0.3, -0.25) is 0 Å². The Morgan fingerprint density at radius 3 is 2.61 bits per heavy atom. The van der Waals surface area contributed by atoms with Crippen LogP contribution in [0.5, 0.6) is 0 Å². The van der Waals surface area contributed by atoms with Gasteiger partial charge in [0.25, 0.3) is 0 Å². The van der Waals surface area contributed by atoms with Crippen molar-refractivity contribution in [3.63, 3.8) is 0 Å². The van der Waals surface area contributed by atoms with Crippen molar-refractivity contribution in [2.75, 3.05) is 0 Å². The Morgan fingerprint density at radius 2 is 1.94 bits per heavy atom. The molecule has 0 fully saturated rings. The van der Waals surface area contributed by atoms with Crippen molar-refractivity contribution in [3.8, 4) is 11.1 Å². The minimum absolute atomic E-state index is 0.252. The van der Waals surface area contributed by atoms with E-state index in [1.807, 2.05) is 6.07 Å². The van der Waals surface area contributed by atoms with E-state index in [1.165, 1.54) is 12.4 Å². The normalized spacial score (nSPS) is 10.9. The Kier molecular flexibility index (Phi) is 3.99. The largest absolute Gasteiger partial charge is 0.310 e. The molecule has 2 rings (SSSR count). The maximum absolute atomic E-state index is 13.8. The minimum atomic E-state index is -0.252. The molecule has 0 aliphatic heterocycles. The van der Waals surface area contributed by atoms with Gasteiger partial charge in [-0.05, 0) is 17.7 Å². The van der Waals surface area contributed by atoms with Crippen LogP contribution in [0.25, 0.3) is 11.1 Å². The van der Waals surface area contributed by atoms with Crippen LogP contribution < -0.4 is 5.32 Å². The van der Waals surface area contributed by atoms with Crippen molar-refractivity contribution in [1.29, 1.82) is 0 Å². The maximum atomic E-state index is 13.8. The van der Waals surface area contributed by atoms with Crippen LogP contribution >= 0.6 is 0 Å². The zero-order valence-electron chi connectivity index (χ0n) is 10.5. The van der Waals surface area contributed by atoms with Crippen LogP contribution in [0.2, 0.25) is 0 Å². The second kappa shape index (κ2) is 5.69. The predicted octanol–water partition coefficient (Wildman–Crippen LogP) is 2.78. The van der Waals surface area contributed by atoms with Crippen molar-refractivity contribution in [1.82, 2.24) is 15.3 Å². The fraction of sp³-hybridized carbons (Fsp3) is 0.286. The van der Waals surface area contributed by atoms with Crippen molar-refractivity contribution < 1.29 is 4.39 Å². The summed E-state index contributed by atoms with van der Waals surface area (Å²) in [6, 6.07) is 5.51. The highest BCUT2D eigenvalue weighted by molar-refractivity contribution is 5.63. The number of benzene rings is 1. The molecule has 0 aliphatic carbocycles. The van der Waals surface area contributed by atoms with Gasteiger partial charge in [-0.15, -0.1) is 0 Å². The van der Waals surface area contributed by atoms with E-state index in [2.05, 4.69) is 29.1 Å². The predicted molar refractivity (Wildman–Crippen MR) is 69.4 cm³/mol. The van der Waals surface area contributed by atoms with E-state index in [0.717, 1.165) is 12.1 Å². The van der Waals surface area contributed by atoms with E-state index in [4.69, 9.17) is 0 Å². The van der Waals surface area contributed by atoms with Crippen molar-refractivity contribution in [2.24, 2.45) is 0 Å². The number of nitrogens with one attached hydrogen (secondary N) is 1. The zero-order valence-corrected chi connectivity index (χ0v) is 10.5. The van der Waals surface area contributed by atoms with Crippen LogP contribution in [0.1, 0.15) is 19.4 Å². The monoisotopic (exact) mass is 245 g/mol. The first-order valence-electron chi connectivity index (χ1n) is 5.94. The number of hydrogen-bond acceptors (Lipinski definition) is 3. The summed E-state index contributed by atoms with van der Waals surface area (Å²) in [7, 11) is 0. The first-order chi connectivity index (χ1) is 8.66. The number of hydrogen-bond donors (Lipinski definition) is 1. The van der Waals surface area contributed by atoms with E-state index < -0.39 is 0 Å². The van der Waals surface area contributed by atoms with Gasteiger partial charge in [-0.1, -0.05) is 19.9 Å². The molecule has 4 heteroatoms. The molecule has 0 saturated heterocycles. The Balaban J connectivity index is 2.27. The highest BCUT2D eigenvalue weighted by Crippen LogP contribution is 2.22. The molecule has 1 N–H and O–H groups in total. The molecule has 18 heavy (non-hydrogen) atoms. The quantitative estimate of drug-likeness (QED) is 0.900. The number of nitrogens with zero attached hydrogens (tertiary/aromatic N) is 2. The standard InChI is InChI=1S/C14H16FN3/c1-10(2)18-6-11-3-4-14(15)13(5-11)12-7-16-9-17-8-12/h3-5,7-10,18H,6H2,1-2H3. The molecule has 0 unspecified atom stereocenters.